The van der Waals surface area contributed by atoms with Crippen LogP contribution in [-0.2, 0) is 19.1 Å². The number of hydrogen-bond donors (Lipinski definition) is 6. The summed E-state index contributed by atoms with van der Waals surface area (Å²) in [6.45, 7) is 12.9. The number of aromatic nitrogens is 3. The molecule has 3 amide bonds. The molecule has 0 spiro atoms. The molecule has 3 atom stereocenters. The fourth-order valence-electron chi connectivity index (χ4n) is 5.67. The van der Waals surface area contributed by atoms with E-state index in [0.29, 0.717) is 36.1 Å². The Morgan fingerprint density at radius 3 is 2.37 bits per heavy atom. The molecule has 0 radical (unpaired) electrons. The summed E-state index contributed by atoms with van der Waals surface area (Å²) in [5, 5.41) is 18.9. The zero-order chi connectivity index (χ0) is 38.2. The first kappa shape index (κ1) is 40.4. The van der Waals surface area contributed by atoms with Crippen LogP contribution in [0.1, 0.15) is 79.3 Å². The first-order chi connectivity index (χ1) is 24.6. The van der Waals surface area contributed by atoms with E-state index in [2.05, 4.69) is 45.0 Å². The van der Waals surface area contributed by atoms with Crippen molar-refractivity contribution in [3.05, 3.63) is 62.5 Å². The van der Waals surface area contributed by atoms with Crippen LogP contribution in [0.25, 0.3) is 5.00 Å². The Morgan fingerprint density at radius 2 is 1.71 bits per heavy atom. The van der Waals surface area contributed by atoms with Crippen LogP contribution in [-0.4, -0.2) is 89.1 Å². The second-order valence-corrected chi connectivity index (χ2v) is 15.4. The van der Waals surface area contributed by atoms with Gasteiger partial charge < -0.3 is 37.9 Å². The molecule has 0 unspecified atom stereocenters. The highest BCUT2D eigenvalue weighted by molar-refractivity contribution is 7.15. The predicted molar refractivity (Wildman–Crippen MR) is 204 cm³/mol. The summed E-state index contributed by atoms with van der Waals surface area (Å²) in [6.07, 6.45) is 0.938. The summed E-state index contributed by atoms with van der Waals surface area (Å²) >= 11 is 7.85. The molecular formula is C35H50ClN11O4S. The summed E-state index contributed by atoms with van der Waals surface area (Å²) in [7, 11) is 0. The van der Waals surface area contributed by atoms with Crippen LogP contribution in [0.5, 0.6) is 0 Å². The molecule has 0 fully saturated rings. The van der Waals surface area contributed by atoms with Crippen LogP contribution >= 0.6 is 22.9 Å². The number of hydrogen-bond acceptors (Lipinski definition) is 10. The number of ether oxygens (including phenoxy) is 1. The van der Waals surface area contributed by atoms with Gasteiger partial charge in [0.25, 0.3) is 0 Å². The fourth-order valence-corrected chi connectivity index (χ4v) is 7.01. The van der Waals surface area contributed by atoms with Gasteiger partial charge in [-0.15, -0.1) is 21.5 Å². The Hall–Kier alpha value is -4.38. The molecule has 2 aromatic heterocycles. The molecule has 1 aliphatic heterocycles. The number of nitrogens with one attached hydrogen (secondary N) is 3. The average molecular weight is 756 g/mol. The molecule has 0 bridgehead atoms. The van der Waals surface area contributed by atoms with Gasteiger partial charge in [0.05, 0.1) is 31.4 Å². The van der Waals surface area contributed by atoms with E-state index in [-0.39, 0.29) is 50.5 Å². The van der Waals surface area contributed by atoms with Crippen molar-refractivity contribution in [1.29, 1.82) is 0 Å². The largest absolute Gasteiger partial charge is 0.378 e. The minimum absolute atomic E-state index is 0.0220. The van der Waals surface area contributed by atoms with Gasteiger partial charge in [-0.3, -0.25) is 28.9 Å². The highest BCUT2D eigenvalue weighted by atomic mass is 35.5. The smallest absolute Gasteiger partial charge is 0.243 e. The van der Waals surface area contributed by atoms with Crippen LogP contribution in [0.4, 0.5) is 0 Å². The number of halogens is 1. The van der Waals surface area contributed by atoms with E-state index in [0.717, 1.165) is 32.3 Å². The number of carbonyl (C=O) groups excluding carboxylic acids is 3. The summed E-state index contributed by atoms with van der Waals surface area (Å²) in [5.74, 6) is 0.289. The first-order valence-corrected chi connectivity index (χ1v) is 18.4. The number of nitrogens with two attached hydrogens (primary N) is 3. The minimum Gasteiger partial charge on any atom is -0.378 e. The van der Waals surface area contributed by atoms with Crippen LogP contribution in [0, 0.1) is 26.2 Å². The third kappa shape index (κ3) is 10.4. The van der Waals surface area contributed by atoms with Gasteiger partial charge in [0, 0.05) is 40.7 Å². The Labute approximate surface area is 313 Å². The molecule has 4 rings (SSSR count). The van der Waals surface area contributed by atoms with Gasteiger partial charge in [0.2, 0.25) is 17.7 Å². The number of benzene rings is 1. The van der Waals surface area contributed by atoms with E-state index < -0.39 is 29.4 Å². The van der Waals surface area contributed by atoms with E-state index >= 15 is 0 Å². The molecule has 1 aliphatic rings. The number of aryl methyl sites for hydroxylation is 2. The van der Waals surface area contributed by atoms with Crippen molar-refractivity contribution in [3.63, 3.8) is 0 Å². The van der Waals surface area contributed by atoms with Crippen molar-refractivity contribution in [2.45, 2.75) is 78.9 Å². The zero-order valence-corrected chi connectivity index (χ0v) is 32.2. The van der Waals surface area contributed by atoms with E-state index in [1.807, 2.05) is 56.5 Å². The number of guanidine groups is 1. The minimum atomic E-state index is -0.816. The van der Waals surface area contributed by atoms with Gasteiger partial charge in [0.15, 0.2) is 11.8 Å². The Balaban J connectivity index is 1.28. The molecule has 17 heteroatoms. The second kappa shape index (κ2) is 17.9. The standard InChI is InChI=1S/C35H50ClN11O4S/c1-19-20(2)52-33-27(19)28(22-9-11-23(36)12-10-22)43-25(30-46-45-21(3)47(30)33)18-26(48)40-14-16-51-17-15-41-32(50)29(35(4,5)6)44-31(49)24(37)8-7-13-42-34(38)39/h9-12,24-25,29H,7-8,13-18,37H2,1-6H3,(H,40,48)(H,41,50)(H,44,49)(H4,38,39,42)/t24-,25-,29+/m0/s1. The molecule has 9 N–H and O–H groups in total. The Bertz CT molecular complexity index is 1790. The van der Waals surface area contributed by atoms with Crippen molar-refractivity contribution in [3.8, 4) is 5.00 Å². The first-order valence-electron chi connectivity index (χ1n) is 17.2. The average Bonchev–Trinajstić information content (AvgIpc) is 3.56. The molecule has 3 heterocycles. The van der Waals surface area contributed by atoms with Crippen molar-refractivity contribution in [1.82, 2.24) is 30.7 Å². The van der Waals surface area contributed by atoms with Gasteiger partial charge >= 0.3 is 0 Å². The molecule has 282 valence electrons. The zero-order valence-electron chi connectivity index (χ0n) is 30.6. The summed E-state index contributed by atoms with van der Waals surface area (Å²) in [6, 6.07) is 5.31. The highest BCUT2D eigenvalue weighted by Gasteiger charge is 2.34. The van der Waals surface area contributed by atoms with Crippen LogP contribution < -0.4 is 33.2 Å². The van der Waals surface area contributed by atoms with E-state index in [4.69, 9.17) is 38.5 Å². The van der Waals surface area contributed by atoms with Gasteiger partial charge in [-0.2, -0.15) is 0 Å². The van der Waals surface area contributed by atoms with Crippen LogP contribution in [0.3, 0.4) is 0 Å². The number of rotatable bonds is 16. The predicted octanol–water partition coefficient (Wildman–Crippen LogP) is 2.35. The molecule has 0 saturated heterocycles. The van der Waals surface area contributed by atoms with Crippen molar-refractivity contribution >= 4 is 52.3 Å². The lowest BCUT2D eigenvalue weighted by molar-refractivity contribution is -0.132. The molecule has 0 saturated carbocycles. The maximum atomic E-state index is 13.2. The molecule has 0 aliphatic carbocycles. The van der Waals surface area contributed by atoms with Crippen molar-refractivity contribution in [2.24, 2.45) is 32.6 Å². The maximum absolute atomic E-state index is 13.2. The lowest BCUT2D eigenvalue weighted by atomic mass is 9.86. The lowest BCUT2D eigenvalue weighted by Gasteiger charge is -2.31. The van der Waals surface area contributed by atoms with Crippen molar-refractivity contribution in [2.75, 3.05) is 32.8 Å². The van der Waals surface area contributed by atoms with Gasteiger partial charge in [-0.05, 0) is 56.7 Å². The van der Waals surface area contributed by atoms with E-state index in [1.165, 1.54) is 0 Å². The fraction of sp³-hybridized carbons (Fsp3) is 0.514. The maximum Gasteiger partial charge on any atom is 0.243 e. The number of carbonyl (C=O) groups is 3. The van der Waals surface area contributed by atoms with E-state index in [1.54, 1.807) is 11.3 Å². The van der Waals surface area contributed by atoms with Crippen LogP contribution in [0.2, 0.25) is 5.02 Å². The number of fused-ring (bicyclic) bond motifs is 3. The summed E-state index contributed by atoms with van der Waals surface area (Å²) in [4.78, 5) is 49.1. The molecule has 1 aromatic carbocycles. The molecule has 3 aromatic rings. The van der Waals surface area contributed by atoms with Crippen molar-refractivity contribution < 1.29 is 19.1 Å². The monoisotopic (exact) mass is 755 g/mol. The van der Waals surface area contributed by atoms with E-state index in [9.17, 15) is 14.4 Å². The topological polar surface area (TPSA) is 230 Å². The Morgan fingerprint density at radius 1 is 1.04 bits per heavy atom. The number of nitrogens with zero attached hydrogens (tertiary/aromatic N) is 5. The SMILES string of the molecule is Cc1sc2c(c1C)C(c1ccc(Cl)cc1)=N[C@@H](CC(=O)NCCOCCNC(=O)[C@@H](NC(=O)[C@@H](N)CCCN=C(N)N)C(C)(C)C)c1nnc(C)n1-2. The molecule has 15 nitrogen and oxygen atoms in total. The highest BCUT2D eigenvalue weighted by Crippen LogP contribution is 2.39. The molecular weight excluding hydrogens is 706 g/mol. The third-order valence-electron chi connectivity index (χ3n) is 8.57. The Kier molecular flexibility index (Phi) is 13.9. The second-order valence-electron chi connectivity index (χ2n) is 13.7. The van der Waals surface area contributed by atoms with Gasteiger partial charge in [-0.1, -0.05) is 44.5 Å². The quantitative estimate of drug-likeness (QED) is 0.0715. The number of aliphatic imine (C=N–C) groups is 2. The summed E-state index contributed by atoms with van der Waals surface area (Å²) in [5.41, 5.74) is 19.9. The molecule has 52 heavy (non-hydrogen) atoms. The van der Waals surface area contributed by atoms with Gasteiger partial charge in [-0.25, -0.2) is 0 Å². The van der Waals surface area contributed by atoms with Gasteiger partial charge in [0.1, 0.15) is 22.9 Å². The lowest BCUT2D eigenvalue weighted by Crippen LogP contribution is -2.57. The summed E-state index contributed by atoms with van der Waals surface area (Å²) < 4.78 is 7.68. The number of amides is 3. The normalized spacial score (nSPS) is 15.0. The third-order valence-corrected chi connectivity index (χ3v) is 10.0. The number of thiophene rings is 1. The van der Waals surface area contributed by atoms with Crippen LogP contribution in [0.15, 0.2) is 34.3 Å².